The van der Waals surface area contributed by atoms with Crippen molar-refractivity contribution in [3.8, 4) is 12.3 Å². The zero-order chi connectivity index (χ0) is 25.4. The maximum atomic E-state index is 12.1. The van der Waals surface area contributed by atoms with E-state index >= 15 is 0 Å². The van der Waals surface area contributed by atoms with Gasteiger partial charge < -0.3 is 40.3 Å². The molecule has 1 saturated heterocycles. The highest BCUT2D eigenvalue weighted by molar-refractivity contribution is 7.66. The average Bonchev–Trinajstić information content (AvgIpc) is 2.91. The Hall–Kier alpha value is -1.54. The minimum atomic E-state index is -5.80. The van der Waals surface area contributed by atoms with E-state index in [1.165, 1.54) is 0 Å². The van der Waals surface area contributed by atoms with E-state index in [9.17, 15) is 38.5 Å². The fourth-order valence-electron chi connectivity index (χ4n) is 2.98. The van der Waals surface area contributed by atoms with Gasteiger partial charge in [0, 0.05) is 0 Å². The number of aliphatic hydroxyl groups excluding tert-OH is 1. The van der Waals surface area contributed by atoms with Crippen LogP contribution in [0.1, 0.15) is 13.2 Å². The number of aliphatic hydroxyl groups is 2. The summed E-state index contributed by atoms with van der Waals surface area (Å²) in [7, 11) is -17.0. The monoisotopic (exact) mass is 536 g/mol. The van der Waals surface area contributed by atoms with Crippen LogP contribution in [0, 0.1) is 18.3 Å². The second-order valence-electron chi connectivity index (χ2n) is 6.52. The molecule has 7 atom stereocenters. The van der Waals surface area contributed by atoms with Gasteiger partial charge in [0.05, 0.1) is 30.9 Å². The van der Waals surface area contributed by atoms with Gasteiger partial charge in [0.25, 0.3) is 0 Å². The Bertz CT molecular complexity index is 1130. The number of anilines is 1. The molecule has 33 heavy (non-hydrogen) atoms. The molecule has 0 radical (unpaired) electrons. The van der Waals surface area contributed by atoms with Gasteiger partial charge >= 0.3 is 29.2 Å². The van der Waals surface area contributed by atoms with Crippen molar-refractivity contribution in [2.45, 2.75) is 31.0 Å². The predicted molar refractivity (Wildman–Crippen MR) is 103 cm³/mol. The number of phosphoric ester groups is 1. The molecule has 1 aliphatic heterocycles. The SMILES string of the molecule is C#CC1(O)C(CO)[C@@H]([C@@H](C)OP(=O)(O)OP(=O)(O)OP(=O)(O)O)O[C@H]1n1ncc(N)nc1=O. The second-order valence-corrected chi connectivity index (χ2v) is 10.9. The van der Waals surface area contributed by atoms with Gasteiger partial charge in [-0.25, -0.2) is 18.5 Å². The molecule has 186 valence electrons. The van der Waals surface area contributed by atoms with E-state index in [0.29, 0.717) is 4.68 Å². The molecule has 0 amide bonds. The molecule has 2 rings (SSSR count). The molecule has 1 aromatic rings. The lowest BCUT2D eigenvalue weighted by Gasteiger charge is -2.29. The average molecular weight is 536 g/mol. The van der Waals surface area contributed by atoms with Crippen molar-refractivity contribution < 1.29 is 61.4 Å². The molecule has 0 saturated carbocycles. The number of rotatable bonds is 9. The topological polar surface area (TPSA) is 283 Å². The van der Waals surface area contributed by atoms with Crippen molar-refractivity contribution >= 4 is 29.3 Å². The Labute approximate surface area is 184 Å². The fraction of sp³-hybridized carbons (Fsp3) is 0.583. The standard InChI is InChI=1S/C12H19N4O14P3/c1-3-12(19)7(5-17)9(27-10(12)16-11(18)15-8(13)4-14-16)6(2)28-32(23,24)30-33(25,26)29-31(20,21)22/h1,4,6-7,9-10,17,19H,5H2,2H3,(H,23,24)(H,25,26)(H2,13,15,18)(H2,20,21,22)/t6-,7?,9-,10-,12?/m1/s1. The summed E-state index contributed by atoms with van der Waals surface area (Å²) in [6, 6.07) is 0. The molecule has 2 heterocycles. The van der Waals surface area contributed by atoms with Gasteiger partial charge in [0.1, 0.15) is 5.82 Å². The highest BCUT2D eigenvalue weighted by atomic mass is 31.3. The third-order valence-electron chi connectivity index (χ3n) is 4.19. The first kappa shape index (κ1) is 27.7. The van der Waals surface area contributed by atoms with Crippen molar-refractivity contribution in [3.63, 3.8) is 0 Å². The smallest absolute Gasteiger partial charge is 0.396 e. The summed E-state index contributed by atoms with van der Waals surface area (Å²) in [5.74, 6) is 0.192. The Balaban J connectivity index is 2.32. The Morgan fingerprint density at radius 2 is 1.91 bits per heavy atom. The Kier molecular flexibility index (Phi) is 8.06. The molecule has 1 fully saturated rings. The van der Waals surface area contributed by atoms with Gasteiger partial charge in [-0.2, -0.15) is 23.4 Å². The number of nitrogens with two attached hydrogens (primary N) is 1. The van der Waals surface area contributed by atoms with E-state index in [4.69, 9.17) is 26.7 Å². The first-order valence-corrected chi connectivity index (χ1v) is 13.0. The number of hydrogen-bond donors (Lipinski definition) is 7. The molecule has 0 aliphatic carbocycles. The number of aromatic nitrogens is 3. The molecule has 0 bridgehead atoms. The van der Waals surface area contributed by atoms with E-state index in [1.54, 1.807) is 0 Å². The molecule has 1 aliphatic rings. The maximum Gasteiger partial charge on any atom is 0.490 e. The van der Waals surface area contributed by atoms with Crippen molar-refractivity contribution in [1.82, 2.24) is 14.8 Å². The van der Waals surface area contributed by atoms with E-state index in [0.717, 1.165) is 13.1 Å². The van der Waals surface area contributed by atoms with Gasteiger partial charge in [-0.3, -0.25) is 4.52 Å². The normalized spacial score (nSPS) is 30.2. The number of ether oxygens (including phenoxy) is 1. The molecule has 4 unspecified atom stereocenters. The Morgan fingerprint density at radius 3 is 2.39 bits per heavy atom. The number of phosphoric acid groups is 3. The minimum absolute atomic E-state index is 0.269. The molecular formula is C12H19N4O14P3. The Morgan fingerprint density at radius 1 is 1.30 bits per heavy atom. The summed E-state index contributed by atoms with van der Waals surface area (Å²) in [6.45, 7) is 0.117. The van der Waals surface area contributed by atoms with Crippen LogP contribution in [0.25, 0.3) is 0 Å². The first-order valence-electron chi connectivity index (χ1n) is 8.44. The van der Waals surface area contributed by atoms with E-state index < -0.39 is 65.7 Å². The predicted octanol–water partition coefficient (Wildman–Crippen LogP) is -2.18. The van der Waals surface area contributed by atoms with Gasteiger partial charge in [-0.1, -0.05) is 5.92 Å². The maximum absolute atomic E-state index is 12.1. The molecule has 1 aromatic heterocycles. The second kappa shape index (κ2) is 9.61. The lowest BCUT2D eigenvalue weighted by atomic mass is 9.84. The molecule has 21 heteroatoms. The van der Waals surface area contributed by atoms with Gasteiger partial charge in [-0.15, -0.1) is 6.42 Å². The van der Waals surface area contributed by atoms with Crippen LogP contribution in [0.4, 0.5) is 5.82 Å². The van der Waals surface area contributed by atoms with E-state index in [2.05, 4.69) is 23.2 Å². The number of nitrogen functional groups attached to an aromatic ring is 1. The van der Waals surface area contributed by atoms with Gasteiger partial charge in [-0.05, 0) is 6.92 Å². The quantitative estimate of drug-likeness (QED) is 0.130. The molecule has 0 aromatic carbocycles. The zero-order valence-electron chi connectivity index (χ0n) is 16.4. The summed E-state index contributed by atoms with van der Waals surface area (Å²) in [6.07, 6.45) is 1.26. The van der Waals surface area contributed by atoms with Gasteiger partial charge in [0.2, 0.25) is 0 Å². The zero-order valence-corrected chi connectivity index (χ0v) is 19.1. The van der Waals surface area contributed by atoms with Crippen LogP contribution in [0.5, 0.6) is 0 Å². The van der Waals surface area contributed by atoms with E-state index in [-0.39, 0.29) is 5.82 Å². The third-order valence-corrected chi connectivity index (χ3v) is 8.11. The van der Waals surface area contributed by atoms with Crippen LogP contribution >= 0.6 is 23.5 Å². The van der Waals surface area contributed by atoms with Crippen LogP contribution in [0.2, 0.25) is 0 Å². The summed E-state index contributed by atoms with van der Waals surface area (Å²) in [5.41, 5.74) is 1.80. The summed E-state index contributed by atoms with van der Waals surface area (Å²) >= 11 is 0. The largest absolute Gasteiger partial charge is 0.490 e. The summed E-state index contributed by atoms with van der Waals surface area (Å²) in [4.78, 5) is 51.6. The molecule has 18 nitrogen and oxygen atoms in total. The van der Waals surface area contributed by atoms with Crippen LogP contribution in [-0.2, 0) is 31.6 Å². The van der Waals surface area contributed by atoms with Crippen LogP contribution in [0.3, 0.4) is 0 Å². The number of nitrogens with zero attached hydrogens (tertiary/aromatic N) is 3. The number of terminal acetylenes is 1. The van der Waals surface area contributed by atoms with Crippen LogP contribution < -0.4 is 11.4 Å². The summed E-state index contributed by atoms with van der Waals surface area (Å²) in [5, 5.41) is 24.3. The first-order chi connectivity index (χ1) is 14.9. The minimum Gasteiger partial charge on any atom is -0.396 e. The van der Waals surface area contributed by atoms with Gasteiger partial charge in [0.15, 0.2) is 11.8 Å². The van der Waals surface area contributed by atoms with Crippen molar-refractivity contribution in [2.75, 3.05) is 12.3 Å². The fourth-order valence-corrected chi connectivity index (χ4v) is 6.18. The van der Waals surface area contributed by atoms with Crippen molar-refractivity contribution in [2.24, 2.45) is 5.92 Å². The van der Waals surface area contributed by atoms with Crippen LogP contribution in [-0.4, -0.2) is 69.0 Å². The third kappa shape index (κ3) is 6.53. The van der Waals surface area contributed by atoms with Crippen LogP contribution in [0.15, 0.2) is 11.0 Å². The molecule has 0 spiro atoms. The molecular weight excluding hydrogens is 517 g/mol. The summed E-state index contributed by atoms with van der Waals surface area (Å²) < 4.78 is 52.1. The highest BCUT2D eigenvalue weighted by Crippen LogP contribution is 2.66. The van der Waals surface area contributed by atoms with Crippen molar-refractivity contribution in [1.29, 1.82) is 0 Å². The molecule has 8 N–H and O–H groups in total. The highest BCUT2D eigenvalue weighted by Gasteiger charge is 2.59. The lowest BCUT2D eigenvalue weighted by molar-refractivity contribution is -0.0931. The van der Waals surface area contributed by atoms with Crippen molar-refractivity contribution in [3.05, 3.63) is 16.7 Å². The number of hydrogen-bond acceptors (Lipinski definition) is 13. The van der Waals surface area contributed by atoms with E-state index in [1.807, 2.05) is 5.92 Å². The lowest BCUT2D eigenvalue weighted by Crippen LogP contribution is -2.47.